The molecule has 176 valence electrons. The zero-order valence-corrected chi connectivity index (χ0v) is 18.4. The van der Waals surface area contributed by atoms with E-state index >= 15 is 0 Å². The first-order chi connectivity index (χ1) is 15.9. The largest absolute Gasteiger partial charge is 0.435 e. The number of benzene rings is 1. The van der Waals surface area contributed by atoms with Crippen LogP contribution in [0.1, 0.15) is 49.5 Å². The first kappa shape index (κ1) is 21.0. The van der Waals surface area contributed by atoms with Gasteiger partial charge in [0.2, 0.25) is 5.91 Å². The normalized spacial score (nSPS) is 34.7. The Bertz CT molecular complexity index is 1070. The maximum absolute atomic E-state index is 14.0. The number of rotatable bonds is 3. The van der Waals surface area contributed by atoms with Gasteiger partial charge >= 0.3 is 6.61 Å². The maximum Gasteiger partial charge on any atom is 0.387 e. The molecular weight excluding hydrogens is 432 g/mol. The van der Waals surface area contributed by atoms with Crippen molar-refractivity contribution in [3.05, 3.63) is 40.5 Å². The van der Waals surface area contributed by atoms with Gasteiger partial charge in [0.1, 0.15) is 17.7 Å². The summed E-state index contributed by atoms with van der Waals surface area (Å²) in [7, 11) is 0. The number of carbonyl (C=O) groups is 1. The van der Waals surface area contributed by atoms with Gasteiger partial charge in [-0.25, -0.2) is 0 Å². The lowest BCUT2D eigenvalue weighted by Gasteiger charge is -2.52. The van der Waals surface area contributed by atoms with Crippen molar-refractivity contribution in [3.63, 3.8) is 0 Å². The molecule has 1 aromatic carbocycles. The maximum atomic E-state index is 14.0. The van der Waals surface area contributed by atoms with Gasteiger partial charge in [-0.15, -0.1) is 0 Å². The van der Waals surface area contributed by atoms with Crippen LogP contribution in [-0.4, -0.2) is 55.7 Å². The Balaban J connectivity index is 1.25. The molecule has 1 saturated heterocycles. The third kappa shape index (κ3) is 3.19. The zero-order chi connectivity index (χ0) is 22.9. The Hall–Kier alpha value is -2.52. The molecule has 2 N–H and O–H groups in total. The van der Waals surface area contributed by atoms with Gasteiger partial charge < -0.3 is 24.8 Å². The van der Waals surface area contributed by atoms with Crippen LogP contribution in [0.4, 0.5) is 8.78 Å². The standard InChI is InChI=1S/C24H27F2N3O4/c1-24(5-4-18-15(9-24)16-10-31-11-17(16)21(27)28-18)22(30)29-6-7-32-20-14-8-12(33-23(25)26)2-3-13(14)19(20)29/h2-3,8,15,18-20,23H,4-7,9-11H2,1H3,(H2,27,28)/t15?,18?,19-,20+,24+/m0/s1. The fraction of sp³-hybridized carbons (Fsp3) is 0.583. The molecule has 3 heterocycles. The molecule has 2 fully saturated rings. The third-order valence-corrected chi connectivity index (χ3v) is 8.02. The molecule has 7 nitrogen and oxygen atoms in total. The van der Waals surface area contributed by atoms with Crippen LogP contribution in [0.5, 0.6) is 5.75 Å². The zero-order valence-electron chi connectivity index (χ0n) is 18.4. The number of hydrogen-bond donors (Lipinski definition) is 1. The van der Waals surface area contributed by atoms with Crippen LogP contribution in [0.15, 0.2) is 34.3 Å². The van der Waals surface area contributed by atoms with Crippen molar-refractivity contribution in [2.45, 2.75) is 51.0 Å². The van der Waals surface area contributed by atoms with Crippen molar-refractivity contribution >= 4 is 11.7 Å². The second-order valence-corrected chi connectivity index (χ2v) is 9.89. The van der Waals surface area contributed by atoms with Crippen LogP contribution in [-0.2, 0) is 14.3 Å². The van der Waals surface area contributed by atoms with Gasteiger partial charge in [0.05, 0.1) is 31.9 Å². The first-order valence-corrected chi connectivity index (χ1v) is 11.5. The molecular formula is C24H27F2N3O4. The lowest BCUT2D eigenvalue weighted by atomic mass is 9.64. The predicted molar refractivity (Wildman–Crippen MR) is 115 cm³/mol. The summed E-state index contributed by atoms with van der Waals surface area (Å²) in [4.78, 5) is 20.6. The van der Waals surface area contributed by atoms with Crippen LogP contribution in [0.3, 0.4) is 0 Å². The molecule has 2 unspecified atom stereocenters. The average Bonchev–Trinajstić information content (AvgIpc) is 3.28. The van der Waals surface area contributed by atoms with Crippen molar-refractivity contribution in [3.8, 4) is 5.75 Å². The van der Waals surface area contributed by atoms with Crippen LogP contribution in [0.25, 0.3) is 0 Å². The Morgan fingerprint density at radius 3 is 3.00 bits per heavy atom. The van der Waals surface area contributed by atoms with E-state index in [4.69, 9.17) is 20.2 Å². The van der Waals surface area contributed by atoms with Crippen molar-refractivity contribution in [1.82, 2.24) is 4.90 Å². The molecule has 5 aliphatic rings. The lowest BCUT2D eigenvalue weighted by Crippen LogP contribution is -2.55. The number of nitrogens with two attached hydrogens (primary N) is 1. The number of ether oxygens (including phenoxy) is 3. The Kier molecular flexibility index (Phi) is 4.78. The number of nitrogens with zero attached hydrogens (tertiary/aromatic N) is 2. The van der Waals surface area contributed by atoms with Crippen LogP contribution >= 0.6 is 0 Å². The third-order valence-electron chi connectivity index (χ3n) is 8.02. The number of alkyl halides is 2. The Labute approximate surface area is 190 Å². The van der Waals surface area contributed by atoms with E-state index in [0.717, 1.165) is 36.0 Å². The summed E-state index contributed by atoms with van der Waals surface area (Å²) in [5.74, 6) is 1.01. The molecule has 0 aromatic heterocycles. The molecule has 0 bridgehead atoms. The lowest BCUT2D eigenvalue weighted by molar-refractivity contribution is -0.164. The van der Waals surface area contributed by atoms with E-state index in [1.807, 2.05) is 4.90 Å². The highest BCUT2D eigenvalue weighted by molar-refractivity contribution is 5.99. The molecule has 3 aliphatic heterocycles. The predicted octanol–water partition coefficient (Wildman–Crippen LogP) is 3.12. The number of amidine groups is 1. The minimum absolute atomic E-state index is 0.111. The van der Waals surface area contributed by atoms with Gasteiger partial charge in [-0.1, -0.05) is 13.0 Å². The average molecular weight is 459 g/mol. The van der Waals surface area contributed by atoms with Crippen LogP contribution in [0.2, 0.25) is 0 Å². The number of carbonyl (C=O) groups excluding carboxylic acids is 1. The number of halogens is 2. The molecule has 33 heavy (non-hydrogen) atoms. The highest BCUT2D eigenvalue weighted by atomic mass is 19.3. The van der Waals surface area contributed by atoms with E-state index in [9.17, 15) is 13.6 Å². The number of aliphatic imine (C=N–C) groups is 1. The van der Waals surface area contributed by atoms with Gasteiger partial charge in [-0.3, -0.25) is 9.79 Å². The van der Waals surface area contributed by atoms with E-state index in [0.29, 0.717) is 32.2 Å². The van der Waals surface area contributed by atoms with Crippen molar-refractivity contribution in [2.24, 2.45) is 22.1 Å². The molecule has 0 spiro atoms. The van der Waals surface area contributed by atoms with E-state index in [-0.39, 0.29) is 35.8 Å². The quantitative estimate of drug-likeness (QED) is 0.751. The summed E-state index contributed by atoms with van der Waals surface area (Å²) in [6, 6.07) is 4.82. The van der Waals surface area contributed by atoms with E-state index < -0.39 is 12.0 Å². The topological polar surface area (TPSA) is 86.4 Å². The second-order valence-electron chi connectivity index (χ2n) is 9.89. The summed E-state index contributed by atoms with van der Waals surface area (Å²) in [5.41, 5.74) is 9.64. The number of hydrogen-bond acceptors (Lipinski definition) is 6. The molecule has 1 amide bonds. The first-order valence-electron chi connectivity index (χ1n) is 11.5. The monoisotopic (exact) mass is 459 g/mol. The number of amides is 1. The number of morpholine rings is 1. The summed E-state index contributed by atoms with van der Waals surface area (Å²) in [6.45, 7) is 1.18. The SMILES string of the molecule is C[C@@]1(C(=O)N2CCO[C@@H]3c4cc(OC(F)F)ccc4[C@@H]32)CCC2N=C(N)C3=C(COC3)C2C1. The van der Waals surface area contributed by atoms with Crippen molar-refractivity contribution in [1.29, 1.82) is 0 Å². The van der Waals surface area contributed by atoms with Crippen molar-refractivity contribution < 1.29 is 27.8 Å². The number of fused-ring (bicyclic) bond motifs is 6. The molecule has 1 saturated carbocycles. The molecule has 5 atom stereocenters. The van der Waals surface area contributed by atoms with Gasteiger partial charge in [-0.05, 0) is 48.1 Å². The molecule has 9 heteroatoms. The van der Waals surface area contributed by atoms with Crippen LogP contribution < -0.4 is 10.5 Å². The molecule has 6 rings (SSSR count). The van der Waals surface area contributed by atoms with Gasteiger partial charge in [0.15, 0.2) is 0 Å². The number of dihydropyridines is 1. The molecule has 2 aliphatic carbocycles. The fourth-order valence-electron chi connectivity index (χ4n) is 6.35. The summed E-state index contributed by atoms with van der Waals surface area (Å²) >= 11 is 0. The van der Waals surface area contributed by atoms with E-state index in [1.165, 1.54) is 11.6 Å². The Morgan fingerprint density at radius 1 is 1.33 bits per heavy atom. The van der Waals surface area contributed by atoms with E-state index in [1.54, 1.807) is 12.1 Å². The fourth-order valence-corrected chi connectivity index (χ4v) is 6.35. The van der Waals surface area contributed by atoms with Gasteiger partial charge in [-0.2, -0.15) is 8.78 Å². The van der Waals surface area contributed by atoms with E-state index in [2.05, 4.69) is 11.7 Å². The second kappa shape index (κ2) is 7.50. The Morgan fingerprint density at radius 2 is 2.18 bits per heavy atom. The molecule has 1 aromatic rings. The minimum Gasteiger partial charge on any atom is -0.435 e. The summed E-state index contributed by atoms with van der Waals surface area (Å²) in [6.07, 6.45) is 1.97. The van der Waals surface area contributed by atoms with Gasteiger partial charge in [0.25, 0.3) is 0 Å². The molecule has 0 radical (unpaired) electrons. The summed E-state index contributed by atoms with van der Waals surface area (Å²) in [5, 5.41) is 0. The highest BCUT2D eigenvalue weighted by Crippen LogP contribution is 2.55. The van der Waals surface area contributed by atoms with Crippen molar-refractivity contribution in [2.75, 3.05) is 26.4 Å². The van der Waals surface area contributed by atoms with Crippen LogP contribution in [0, 0.1) is 11.3 Å². The smallest absolute Gasteiger partial charge is 0.387 e. The summed E-state index contributed by atoms with van der Waals surface area (Å²) < 4.78 is 41.3. The highest BCUT2D eigenvalue weighted by Gasteiger charge is 2.53. The van der Waals surface area contributed by atoms with Gasteiger partial charge in [0, 0.05) is 23.5 Å². The minimum atomic E-state index is -2.88.